The van der Waals surface area contributed by atoms with E-state index in [4.69, 9.17) is 9.47 Å². The molecule has 2 aromatic rings. The minimum absolute atomic E-state index is 0.141. The van der Waals surface area contributed by atoms with E-state index in [0.29, 0.717) is 43.2 Å². The van der Waals surface area contributed by atoms with Gasteiger partial charge in [0, 0.05) is 25.1 Å². The van der Waals surface area contributed by atoms with Gasteiger partial charge in [-0.1, -0.05) is 18.2 Å². The smallest absolute Gasteiger partial charge is 0.251 e. The zero-order chi connectivity index (χ0) is 21.5. The van der Waals surface area contributed by atoms with Crippen molar-refractivity contribution >= 4 is 11.8 Å². The van der Waals surface area contributed by atoms with Crippen LogP contribution in [0.3, 0.4) is 0 Å². The molecule has 1 N–H and O–H groups in total. The molecule has 3 rings (SSSR count). The van der Waals surface area contributed by atoms with Crippen LogP contribution in [0.1, 0.15) is 61.1 Å². The molecule has 2 aromatic carbocycles. The second kappa shape index (κ2) is 10.1. The molecule has 1 fully saturated rings. The Hall–Kier alpha value is -3.02. The molecule has 0 aliphatic carbocycles. The van der Waals surface area contributed by atoms with Gasteiger partial charge in [0.05, 0.1) is 19.3 Å². The standard InChI is InChI=1S/C24H30N2O4/c1-4-29-21-13-12-20(15-22(21)30-5-2)17(3)25-24(28)19-10-8-18(9-11-19)16-26-14-6-7-23(26)27/h8-13,15,17H,4-7,14,16H2,1-3H3,(H,25,28)/t17-/m0/s1. The largest absolute Gasteiger partial charge is 0.490 e. The molecule has 30 heavy (non-hydrogen) atoms. The summed E-state index contributed by atoms with van der Waals surface area (Å²) in [4.78, 5) is 26.3. The van der Waals surface area contributed by atoms with Crippen molar-refractivity contribution in [2.75, 3.05) is 19.8 Å². The molecular formula is C24H30N2O4. The molecule has 1 aliphatic rings. The molecule has 0 unspecified atom stereocenters. The molecule has 1 saturated heterocycles. The molecule has 6 heteroatoms. The molecule has 0 saturated carbocycles. The van der Waals surface area contributed by atoms with Gasteiger partial charge < -0.3 is 19.7 Å². The molecule has 1 heterocycles. The highest BCUT2D eigenvalue weighted by atomic mass is 16.5. The van der Waals surface area contributed by atoms with Crippen molar-refractivity contribution in [2.24, 2.45) is 0 Å². The van der Waals surface area contributed by atoms with E-state index in [-0.39, 0.29) is 17.9 Å². The Bertz CT molecular complexity index is 879. The Labute approximate surface area is 178 Å². The van der Waals surface area contributed by atoms with Crippen LogP contribution in [0, 0.1) is 0 Å². The summed E-state index contributed by atoms with van der Waals surface area (Å²) < 4.78 is 11.3. The quantitative estimate of drug-likeness (QED) is 0.676. The van der Waals surface area contributed by atoms with Crippen LogP contribution in [0.25, 0.3) is 0 Å². The fourth-order valence-corrected chi connectivity index (χ4v) is 3.55. The third-order valence-corrected chi connectivity index (χ3v) is 5.18. The molecule has 2 amide bonds. The van der Waals surface area contributed by atoms with Gasteiger partial charge in [-0.05, 0) is 62.6 Å². The predicted octanol–water partition coefficient (Wildman–Crippen LogP) is 4.10. The lowest BCUT2D eigenvalue weighted by molar-refractivity contribution is -0.128. The number of nitrogens with one attached hydrogen (secondary N) is 1. The van der Waals surface area contributed by atoms with E-state index in [1.54, 1.807) is 0 Å². The highest BCUT2D eigenvalue weighted by Gasteiger charge is 2.20. The molecule has 160 valence electrons. The number of hydrogen-bond donors (Lipinski definition) is 1. The zero-order valence-electron chi connectivity index (χ0n) is 17.9. The first-order chi connectivity index (χ1) is 14.5. The van der Waals surface area contributed by atoms with Crippen LogP contribution in [0.2, 0.25) is 0 Å². The fraction of sp³-hybridized carbons (Fsp3) is 0.417. The Morgan fingerprint density at radius 2 is 1.77 bits per heavy atom. The van der Waals surface area contributed by atoms with E-state index in [2.05, 4.69) is 5.32 Å². The third kappa shape index (κ3) is 5.32. The highest BCUT2D eigenvalue weighted by Crippen LogP contribution is 2.30. The first kappa shape index (κ1) is 21.7. The SMILES string of the molecule is CCOc1ccc([C@H](C)NC(=O)c2ccc(CN3CCCC3=O)cc2)cc1OCC. The maximum absolute atomic E-state index is 12.7. The van der Waals surface area contributed by atoms with Gasteiger partial charge in [-0.15, -0.1) is 0 Å². The minimum Gasteiger partial charge on any atom is -0.490 e. The number of likely N-dealkylation sites (tertiary alicyclic amines) is 1. The molecule has 0 radical (unpaired) electrons. The van der Waals surface area contributed by atoms with Crippen molar-refractivity contribution in [3.05, 3.63) is 59.2 Å². The lowest BCUT2D eigenvalue weighted by atomic mass is 10.1. The van der Waals surface area contributed by atoms with Gasteiger partial charge in [0.2, 0.25) is 5.91 Å². The van der Waals surface area contributed by atoms with E-state index in [0.717, 1.165) is 24.1 Å². The monoisotopic (exact) mass is 410 g/mol. The van der Waals surface area contributed by atoms with Crippen LogP contribution >= 0.6 is 0 Å². The van der Waals surface area contributed by atoms with Crippen LogP contribution in [-0.4, -0.2) is 36.5 Å². The summed E-state index contributed by atoms with van der Waals surface area (Å²) in [6, 6.07) is 13.0. The van der Waals surface area contributed by atoms with Crippen LogP contribution in [0.5, 0.6) is 11.5 Å². The molecule has 1 atom stereocenters. The topological polar surface area (TPSA) is 67.9 Å². The lowest BCUT2D eigenvalue weighted by Crippen LogP contribution is -2.27. The number of amides is 2. The molecule has 0 spiro atoms. The molecule has 6 nitrogen and oxygen atoms in total. The first-order valence-corrected chi connectivity index (χ1v) is 10.6. The molecule has 0 bridgehead atoms. The maximum atomic E-state index is 12.7. The van der Waals surface area contributed by atoms with Crippen LogP contribution in [0.15, 0.2) is 42.5 Å². The Kier molecular flexibility index (Phi) is 7.33. The second-order valence-electron chi connectivity index (χ2n) is 7.38. The van der Waals surface area contributed by atoms with Gasteiger partial charge in [-0.2, -0.15) is 0 Å². The lowest BCUT2D eigenvalue weighted by Gasteiger charge is -2.18. The van der Waals surface area contributed by atoms with E-state index < -0.39 is 0 Å². The predicted molar refractivity (Wildman–Crippen MR) is 116 cm³/mol. The number of benzene rings is 2. The minimum atomic E-state index is -0.186. The molecule has 0 aromatic heterocycles. The number of carbonyl (C=O) groups is 2. The van der Waals surface area contributed by atoms with E-state index >= 15 is 0 Å². The summed E-state index contributed by atoms with van der Waals surface area (Å²) >= 11 is 0. The van der Waals surface area contributed by atoms with Crippen molar-refractivity contribution in [3.63, 3.8) is 0 Å². The molecular weight excluding hydrogens is 380 g/mol. The normalized spacial score (nSPS) is 14.5. The average molecular weight is 411 g/mol. The number of rotatable bonds is 9. The van der Waals surface area contributed by atoms with E-state index in [1.807, 2.05) is 68.1 Å². The van der Waals surface area contributed by atoms with E-state index in [1.165, 1.54) is 0 Å². The van der Waals surface area contributed by atoms with Crippen molar-refractivity contribution < 1.29 is 19.1 Å². The van der Waals surface area contributed by atoms with Gasteiger partial charge >= 0.3 is 0 Å². The summed E-state index contributed by atoms with van der Waals surface area (Å²) in [7, 11) is 0. The molecule has 1 aliphatic heterocycles. The van der Waals surface area contributed by atoms with Crippen LogP contribution < -0.4 is 14.8 Å². The number of ether oxygens (including phenoxy) is 2. The first-order valence-electron chi connectivity index (χ1n) is 10.6. The fourth-order valence-electron chi connectivity index (χ4n) is 3.55. The van der Waals surface area contributed by atoms with Gasteiger partial charge in [0.25, 0.3) is 5.91 Å². The summed E-state index contributed by atoms with van der Waals surface area (Å²) in [6.45, 7) is 8.31. The van der Waals surface area contributed by atoms with Crippen molar-refractivity contribution in [1.82, 2.24) is 10.2 Å². The highest BCUT2D eigenvalue weighted by molar-refractivity contribution is 5.94. The van der Waals surface area contributed by atoms with E-state index in [9.17, 15) is 9.59 Å². The van der Waals surface area contributed by atoms with Gasteiger partial charge in [0.15, 0.2) is 11.5 Å². The van der Waals surface area contributed by atoms with Crippen LogP contribution in [0.4, 0.5) is 0 Å². The van der Waals surface area contributed by atoms with Gasteiger partial charge in [-0.3, -0.25) is 9.59 Å². The average Bonchev–Trinajstić information content (AvgIpc) is 3.14. The second-order valence-corrected chi connectivity index (χ2v) is 7.38. The maximum Gasteiger partial charge on any atom is 0.251 e. The summed E-state index contributed by atoms with van der Waals surface area (Å²) in [5, 5.41) is 3.03. The van der Waals surface area contributed by atoms with Crippen molar-refractivity contribution in [1.29, 1.82) is 0 Å². The number of carbonyl (C=O) groups excluding carboxylic acids is 2. The third-order valence-electron chi connectivity index (χ3n) is 5.18. The Morgan fingerprint density at radius 1 is 1.07 bits per heavy atom. The van der Waals surface area contributed by atoms with Crippen molar-refractivity contribution in [2.45, 2.75) is 46.2 Å². The van der Waals surface area contributed by atoms with Gasteiger partial charge in [-0.25, -0.2) is 0 Å². The van der Waals surface area contributed by atoms with Gasteiger partial charge in [0.1, 0.15) is 0 Å². The number of hydrogen-bond acceptors (Lipinski definition) is 4. The van der Waals surface area contributed by atoms with Crippen molar-refractivity contribution in [3.8, 4) is 11.5 Å². The Morgan fingerprint density at radius 3 is 2.40 bits per heavy atom. The zero-order valence-corrected chi connectivity index (χ0v) is 17.9. The summed E-state index contributed by atoms with van der Waals surface area (Å²) in [5.41, 5.74) is 2.57. The summed E-state index contributed by atoms with van der Waals surface area (Å²) in [6.07, 6.45) is 1.56. The Balaban J connectivity index is 1.63. The summed E-state index contributed by atoms with van der Waals surface area (Å²) in [5.74, 6) is 1.44. The number of nitrogens with zero attached hydrogens (tertiary/aromatic N) is 1. The van der Waals surface area contributed by atoms with Crippen LogP contribution in [-0.2, 0) is 11.3 Å².